The summed E-state index contributed by atoms with van der Waals surface area (Å²) in [6.07, 6.45) is 0.612. The Morgan fingerprint density at radius 3 is 2.58 bits per heavy atom. The molecule has 3 atom stereocenters. The van der Waals surface area contributed by atoms with E-state index in [-0.39, 0.29) is 30.7 Å². The number of amides is 1. The van der Waals surface area contributed by atoms with E-state index in [1.54, 1.807) is 7.05 Å². The van der Waals surface area contributed by atoms with E-state index in [1.807, 2.05) is 0 Å². The smallest absolute Gasteiger partial charge is 0.221 e. The standard InChI is InChI=1S/C18H27N3O.2ClH/c1-13-6-4-5-7-15(13)18-16-12-21(9-8-17(22)19-2)11-14(16)10-20(18)3;;/h4-7,14,16,18H,8-12H2,1-3H3,(H,19,22);2*1H/t14-,16+,18-;;/m0../s1. The minimum Gasteiger partial charge on any atom is -0.359 e. The van der Waals surface area contributed by atoms with Gasteiger partial charge in [0.15, 0.2) is 0 Å². The lowest BCUT2D eigenvalue weighted by Crippen LogP contribution is -2.32. The van der Waals surface area contributed by atoms with Gasteiger partial charge in [-0.15, -0.1) is 24.8 Å². The molecule has 0 radical (unpaired) electrons. The molecule has 2 fully saturated rings. The van der Waals surface area contributed by atoms with Crippen molar-refractivity contribution in [3.63, 3.8) is 0 Å². The van der Waals surface area contributed by atoms with E-state index in [0.717, 1.165) is 25.6 Å². The van der Waals surface area contributed by atoms with E-state index in [2.05, 4.69) is 53.4 Å². The highest BCUT2D eigenvalue weighted by atomic mass is 35.5. The Kier molecular flexibility index (Phi) is 8.00. The number of carbonyl (C=O) groups excluding carboxylic acids is 1. The van der Waals surface area contributed by atoms with Crippen LogP contribution >= 0.6 is 24.8 Å². The molecule has 2 aliphatic heterocycles. The van der Waals surface area contributed by atoms with E-state index in [9.17, 15) is 4.79 Å². The van der Waals surface area contributed by atoms with Crippen molar-refractivity contribution in [2.75, 3.05) is 40.3 Å². The van der Waals surface area contributed by atoms with E-state index in [1.165, 1.54) is 17.7 Å². The van der Waals surface area contributed by atoms with Crippen LogP contribution in [-0.4, -0.2) is 56.0 Å². The van der Waals surface area contributed by atoms with Gasteiger partial charge in [-0.3, -0.25) is 9.69 Å². The van der Waals surface area contributed by atoms with Gasteiger partial charge in [-0.2, -0.15) is 0 Å². The SMILES string of the molecule is CNC(=O)CCN1C[C@@H]2CN(C)[C@@H](c3ccccc3C)[C@@H]2C1.Cl.Cl. The zero-order valence-electron chi connectivity index (χ0n) is 14.7. The van der Waals surface area contributed by atoms with Crippen molar-refractivity contribution in [2.24, 2.45) is 11.8 Å². The summed E-state index contributed by atoms with van der Waals surface area (Å²) >= 11 is 0. The van der Waals surface area contributed by atoms with Crippen LogP contribution in [0, 0.1) is 18.8 Å². The monoisotopic (exact) mass is 373 g/mol. The molecule has 136 valence electrons. The zero-order chi connectivity index (χ0) is 15.7. The van der Waals surface area contributed by atoms with Crippen molar-refractivity contribution >= 4 is 30.7 Å². The lowest BCUT2D eigenvalue weighted by Gasteiger charge is -2.28. The Morgan fingerprint density at radius 1 is 1.21 bits per heavy atom. The molecule has 3 rings (SSSR count). The minimum atomic E-state index is 0. The quantitative estimate of drug-likeness (QED) is 0.880. The summed E-state index contributed by atoms with van der Waals surface area (Å²) in [5, 5.41) is 2.71. The van der Waals surface area contributed by atoms with E-state index >= 15 is 0 Å². The Hall–Kier alpha value is -0.810. The first kappa shape index (κ1) is 21.2. The summed E-state index contributed by atoms with van der Waals surface area (Å²) in [5.74, 6) is 1.57. The maximum atomic E-state index is 11.5. The molecule has 0 saturated carbocycles. The molecular formula is C18H29Cl2N3O. The van der Waals surface area contributed by atoms with E-state index < -0.39 is 0 Å². The highest BCUT2D eigenvalue weighted by Crippen LogP contribution is 2.44. The van der Waals surface area contributed by atoms with Crippen LogP contribution < -0.4 is 5.32 Å². The number of hydrogen-bond donors (Lipinski definition) is 1. The summed E-state index contributed by atoms with van der Waals surface area (Å²) in [6, 6.07) is 9.30. The molecule has 6 heteroatoms. The molecule has 0 bridgehead atoms. The number of carbonyl (C=O) groups is 1. The van der Waals surface area contributed by atoms with Crippen molar-refractivity contribution in [3.8, 4) is 0 Å². The van der Waals surface area contributed by atoms with Gasteiger partial charge in [-0.05, 0) is 36.9 Å². The molecule has 0 aliphatic carbocycles. The van der Waals surface area contributed by atoms with E-state index in [0.29, 0.717) is 18.4 Å². The number of benzene rings is 1. The second-order valence-corrected chi connectivity index (χ2v) is 6.85. The summed E-state index contributed by atoms with van der Waals surface area (Å²) in [7, 11) is 3.97. The fourth-order valence-corrected chi connectivity index (χ4v) is 4.30. The highest BCUT2D eigenvalue weighted by molar-refractivity contribution is 5.85. The maximum Gasteiger partial charge on any atom is 0.221 e. The van der Waals surface area contributed by atoms with Gasteiger partial charge in [0.25, 0.3) is 0 Å². The third-order valence-electron chi connectivity index (χ3n) is 5.41. The number of hydrogen-bond acceptors (Lipinski definition) is 3. The average molecular weight is 374 g/mol. The molecule has 2 aliphatic rings. The first-order valence-electron chi connectivity index (χ1n) is 8.29. The van der Waals surface area contributed by atoms with Crippen molar-refractivity contribution in [2.45, 2.75) is 19.4 Å². The third kappa shape index (κ3) is 4.23. The van der Waals surface area contributed by atoms with Crippen LogP contribution in [0.2, 0.25) is 0 Å². The van der Waals surface area contributed by atoms with Crippen molar-refractivity contribution in [1.29, 1.82) is 0 Å². The zero-order valence-corrected chi connectivity index (χ0v) is 16.3. The number of nitrogens with zero attached hydrogens (tertiary/aromatic N) is 2. The van der Waals surface area contributed by atoms with Crippen molar-refractivity contribution in [3.05, 3.63) is 35.4 Å². The molecule has 1 aromatic rings. The van der Waals surface area contributed by atoms with Gasteiger partial charge in [0.2, 0.25) is 5.91 Å². The van der Waals surface area contributed by atoms with Crippen LogP contribution in [0.15, 0.2) is 24.3 Å². The normalized spacial score (nSPS) is 26.4. The number of likely N-dealkylation sites (tertiary alicyclic amines) is 2. The topological polar surface area (TPSA) is 35.6 Å². The molecule has 0 aromatic heterocycles. The molecule has 4 nitrogen and oxygen atoms in total. The first-order valence-corrected chi connectivity index (χ1v) is 8.29. The van der Waals surface area contributed by atoms with Crippen LogP contribution in [0.1, 0.15) is 23.6 Å². The fraction of sp³-hybridized carbons (Fsp3) is 0.611. The Bertz CT molecular complexity index is 555. The predicted molar refractivity (Wildman–Crippen MR) is 103 cm³/mol. The predicted octanol–water partition coefficient (Wildman–Crippen LogP) is 2.51. The Balaban J connectivity index is 0.00000144. The van der Waals surface area contributed by atoms with Crippen molar-refractivity contribution in [1.82, 2.24) is 15.1 Å². The summed E-state index contributed by atoms with van der Waals surface area (Å²) in [4.78, 5) is 16.4. The first-order chi connectivity index (χ1) is 10.6. The van der Waals surface area contributed by atoms with E-state index in [4.69, 9.17) is 0 Å². The molecule has 24 heavy (non-hydrogen) atoms. The molecule has 1 aromatic carbocycles. The molecule has 0 spiro atoms. The molecule has 2 saturated heterocycles. The maximum absolute atomic E-state index is 11.5. The molecule has 0 unspecified atom stereocenters. The number of halogens is 2. The fourth-order valence-electron chi connectivity index (χ4n) is 4.30. The van der Waals surface area contributed by atoms with Gasteiger partial charge >= 0.3 is 0 Å². The van der Waals surface area contributed by atoms with Gasteiger partial charge < -0.3 is 10.2 Å². The Morgan fingerprint density at radius 2 is 1.92 bits per heavy atom. The number of aryl methyl sites for hydroxylation is 1. The number of nitrogens with one attached hydrogen (secondary N) is 1. The number of fused-ring (bicyclic) bond motifs is 1. The van der Waals surface area contributed by atoms with Crippen molar-refractivity contribution < 1.29 is 4.79 Å². The van der Waals surface area contributed by atoms with Crippen LogP contribution in [0.4, 0.5) is 0 Å². The lowest BCUT2D eigenvalue weighted by molar-refractivity contribution is -0.120. The summed E-state index contributed by atoms with van der Waals surface area (Å²) < 4.78 is 0. The molecule has 1 N–H and O–H groups in total. The summed E-state index contributed by atoms with van der Waals surface area (Å²) in [5.41, 5.74) is 2.87. The second kappa shape index (κ2) is 9.04. The minimum absolute atomic E-state index is 0. The average Bonchev–Trinajstić information content (AvgIpc) is 3.02. The molecule has 2 heterocycles. The van der Waals surface area contributed by atoms with Crippen LogP contribution in [0.3, 0.4) is 0 Å². The van der Waals surface area contributed by atoms with Gasteiger partial charge in [0.1, 0.15) is 0 Å². The summed E-state index contributed by atoms with van der Waals surface area (Å²) in [6.45, 7) is 6.52. The number of rotatable bonds is 4. The third-order valence-corrected chi connectivity index (χ3v) is 5.41. The molecular weight excluding hydrogens is 345 g/mol. The van der Waals surface area contributed by atoms with Crippen LogP contribution in [-0.2, 0) is 4.79 Å². The molecule has 1 amide bonds. The van der Waals surface area contributed by atoms with Crippen LogP contribution in [0.25, 0.3) is 0 Å². The van der Waals surface area contributed by atoms with Gasteiger partial charge in [-0.25, -0.2) is 0 Å². The Labute approximate surface area is 157 Å². The van der Waals surface area contributed by atoms with Gasteiger partial charge in [0.05, 0.1) is 0 Å². The van der Waals surface area contributed by atoms with Gasteiger partial charge in [-0.1, -0.05) is 24.3 Å². The van der Waals surface area contributed by atoms with Gasteiger partial charge in [0, 0.05) is 45.7 Å². The largest absolute Gasteiger partial charge is 0.359 e. The van der Waals surface area contributed by atoms with Crippen LogP contribution in [0.5, 0.6) is 0 Å². The lowest BCUT2D eigenvalue weighted by atomic mass is 9.88. The highest BCUT2D eigenvalue weighted by Gasteiger charge is 2.46. The second-order valence-electron chi connectivity index (χ2n) is 6.85.